The standard InChI is InChI=1S/C15H16IN3O2/c1-8(2)19-14-9(4-3-5-11(14)16)13(18-19)10-6-7-12(20)17-15(10)21/h3-5,8,10H,6-7H2,1-2H3,(H,17,20,21). The smallest absolute Gasteiger partial charge is 0.235 e. The quantitative estimate of drug-likeness (QED) is 0.626. The van der Waals surface area contributed by atoms with E-state index in [1.165, 1.54) is 0 Å². The molecule has 1 fully saturated rings. The summed E-state index contributed by atoms with van der Waals surface area (Å²) in [6.07, 6.45) is 0.900. The summed E-state index contributed by atoms with van der Waals surface area (Å²) >= 11 is 2.29. The summed E-state index contributed by atoms with van der Waals surface area (Å²) in [6, 6.07) is 6.23. The van der Waals surface area contributed by atoms with Crippen molar-refractivity contribution in [2.45, 2.75) is 38.6 Å². The van der Waals surface area contributed by atoms with Gasteiger partial charge in [0, 0.05) is 21.4 Å². The third kappa shape index (κ3) is 2.45. The van der Waals surface area contributed by atoms with E-state index in [0.29, 0.717) is 12.8 Å². The molecular formula is C15H16IN3O2. The molecule has 1 aliphatic rings. The average molecular weight is 397 g/mol. The molecule has 0 radical (unpaired) electrons. The van der Waals surface area contributed by atoms with E-state index < -0.39 is 0 Å². The number of nitrogens with one attached hydrogen (secondary N) is 1. The lowest BCUT2D eigenvalue weighted by atomic mass is 9.93. The van der Waals surface area contributed by atoms with Crippen LogP contribution in [-0.2, 0) is 9.59 Å². The van der Waals surface area contributed by atoms with Crippen LogP contribution in [0.15, 0.2) is 18.2 Å². The summed E-state index contributed by atoms with van der Waals surface area (Å²) < 4.78 is 3.08. The second kappa shape index (κ2) is 5.40. The Morgan fingerprint density at radius 1 is 1.38 bits per heavy atom. The first-order valence-corrected chi connectivity index (χ1v) is 8.07. The summed E-state index contributed by atoms with van der Waals surface area (Å²) in [4.78, 5) is 23.5. The number of piperidine rings is 1. The summed E-state index contributed by atoms with van der Waals surface area (Å²) in [5.41, 5.74) is 1.84. The number of aromatic nitrogens is 2. The number of hydrogen-bond donors (Lipinski definition) is 1. The minimum absolute atomic E-state index is 0.196. The van der Waals surface area contributed by atoms with E-state index in [0.717, 1.165) is 20.2 Å². The van der Waals surface area contributed by atoms with Crippen molar-refractivity contribution in [3.63, 3.8) is 0 Å². The van der Waals surface area contributed by atoms with Gasteiger partial charge in [-0.1, -0.05) is 12.1 Å². The lowest BCUT2D eigenvalue weighted by Gasteiger charge is -2.19. The van der Waals surface area contributed by atoms with Gasteiger partial charge in [0.05, 0.1) is 17.1 Å². The normalized spacial score (nSPS) is 19.3. The number of benzene rings is 1. The highest BCUT2D eigenvalue weighted by Gasteiger charge is 2.32. The maximum Gasteiger partial charge on any atom is 0.235 e. The fraction of sp³-hybridized carbons (Fsp3) is 0.400. The van der Waals surface area contributed by atoms with Gasteiger partial charge >= 0.3 is 0 Å². The maximum absolute atomic E-state index is 12.1. The molecule has 0 spiro atoms. The Bertz CT molecular complexity index is 736. The van der Waals surface area contributed by atoms with Crippen LogP contribution in [0.5, 0.6) is 0 Å². The van der Waals surface area contributed by atoms with Crippen molar-refractivity contribution in [3.8, 4) is 0 Å². The number of nitrogens with zero attached hydrogens (tertiary/aromatic N) is 2. The van der Waals surface area contributed by atoms with E-state index in [1.807, 2.05) is 22.9 Å². The highest BCUT2D eigenvalue weighted by Crippen LogP contribution is 2.33. The average Bonchev–Trinajstić information content (AvgIpc) is 2.80. The van der Waals surface area contributed by atoms with Crippen LogP contribution in [-0.4, -0.2) is 21.6 Å². The second-order valence-corrected chi connectivity index (χ2v) is 6.73. The minimum Gasteiger partial charge on any atom is -0.296 e. The Labute approximate surface area is 136 Å². The van der Waals surface area contributed by atoms with Crippen molar-refractivity contribution in [1.82, 2.24) is 15.1 Å². The molecule has 2 amide bonds. The predicted molar refractivity (Wildman–Crippen MR) is 88.0 cm³/mol. The monoisotopic (exact) mass is 397 g/mol. The van der Waals surface area contributed by atoms with Gasteiger partial charge in [0.15, 0.2) is 0 Å². The Hall–Kier alpha value is -1.44. The number of halogens is 1. The molecule has 110 valence electrons. The number of carbonyl (C=O) groups excluding carboxylic acids is 2. The van der Waals surface area contributed by atoms with Crippen molar-refractivity contribution >= 4 is 45.3 Å². The topological polar surface area (TPSA) is 64.0 Å². The van der Waals surface area contributed by atoms with Crippen LogP contribution in [0, 0.1) is 3.57 Å². The zero-order valence-electron chi connectivity index (χ0n) is 11.9. The van der Waals surface area contributed by atoms with Gasteiger partial charge in [0.1, 0.15) is 0 Å². The number of rotatable bonds is 2. The molecule has 1 saturated heterocycles. The van der Waals surface area contributed by atoms with Crippen LogP contribution in [0.25, 0.3) is 10.9 Å². The molecule has 0 aliphatic carbocycles. The number of amides is 2. The molecule has 1 aliphatic heterocycles. The van der Waals surface area contributed by atoms with Gasteiger partial charge in [-0.25, -0.2) is 0 Å². The fourth-order valence-corrected chi connectivity index (χ4v) is 3.51. The molecule has 0 bridgehead atoms. The fourth-order valence-electron chi connectivity index (χ4n) is 2.76. The van der Waals surface area contributed by atoms with Crippen LogP contribution >= 0.6 is 22.6 Å². The highest BCUT2D eigenvalue weighted by atomic mass is 127. The molecule has 6 heteroatoms. The van der Waals surface area contributed by atoms with Crippen molar-refractivity contribution in [1.29, 1.82) is 0 Å². The second-order valence-electron chi connectivity index (χ2n) is 5.56. The molecule has 5 nitrogen and oxygen atoms in total. The third-order valence-corrected chi connectivity index (χ3v) is 4.64. The molecule has 1 N–H and O–H groups in total. The number of hydrogen-bond acceptors (Lipinski definition) is 3. The first kappa shape index (κ1) is 14.5. The van der Waals surface area contributed by atoms with Gasteiger partial charge in [-0.2, -0.15) is 5.10 Å². The van der Waals surface area contributed by atoms with Crippen molar-refractivity contribution < 1.29 is 9.59 Å². The van der Waals surface area contributed by atoms with E-state index >= 15 is 0 Å². The summed E-state index contributed by atoms with van der Waals surface area (Å²) in [6.45, 7) is 4.15. The van der Waals surface area contributed by atoms with E-state index in [9.17, 15) is 9.59 Å². The zero-order valence-corrected chi connectivity index (χ0v) is 14.0. The number of fused-ring (bicyclic) bond motifs is 1. The van der Waals surface area contributed by atoms with Gasteiger partial charge < -0.3 is 0 Å². The Kier molecular flexibility index (Phi) is 3.73. The highest BCUT2D eigenvalue weighted by molar-refractivity contribution is 14.1. The van der Waals surface area contributed by atoms with E-state index in [4.69, 9.17) is 0 Å². The lowest BCUT2D eigenvalue weighted by Crippen LogP contribution is -2.39. The molecule has 21 heavy (non-hydrogen) atoms. The van der Waals surface area contributed by atoms with Gasteiger partial charge in [0.2, 0.25) is 11.8 Å². The first-order valence-electron chi connectivity index (χ1n) is 6.99. The van der Waals surface area contributed by atoms with Gasteiger partial charge in [0.25, 0.3) is 0 Å². The van der Waals surface area contributed by atoms with E-state index in [-0.39, 0.29) is 23.8 Å². The van der Waals surface area contributed by atoms with Crippen LogP contribution in [0.3, 0.4) is 0 Å². The molecule has 1 unspecified atom stereocenters. The Balaban J connectivity index is 2.17. The summed E-state index contributed by atoms with van der Waals surface area (Å²) in [5.74, 6) is -0.776. The van der Waals surface area contributed by atoms with Crippen molar-refractivity contribution in [2.75, 3.05) is 0 Å². The molecule has 1 aromatic heterocycles. The zero-order chi connectivity index (χ0) is 15.1. The SMILES string of the molecule is CC(C)n1nc(C2CCC(=O)NC2=O)c2cccc(I)c21. The lowest BCUT2D eigenvalue weighted by molar-refractivity contribution is -0.134. The number of imide groups is 1. The van der Waals surface area contributed by atoms with Crippen molar-refractivity contribution in [2.24, 2.45) is 0 Å². The minimum atomic E-state index is -0.344. The molecule has 2 aromatic rings. The Morgan fingerprint density at radius 2 is 2.14 bits per heavy atom. The summed E-state index contributed by atoms with van der Waals surface area (Å²) in [5, 5.41) is 8.11. The first-order chi connectivity index (χ1) is 9.99. The molecule has 0 saturated carbocycles. The van der Waals surface area contributed by atoms with Crippen molar-refractivity contribution in [3.05, 3.63) is 27.5 Å². The van der Waals surface area contributed by atoms with Crippen LogP contribution < -0.4 is 5.32 Å². The van der Waals surface area contributed by atoms with Crippen LogP contribution in [0.2, 0.25) is 0 Å². The van der Waals surface area contributed by atoms with Gasteiger partial charge in [-0.15, -0.1) is 0 Å². The number of carbonyl (C=O) groups is 2. The van der Waals surface area contributed by atoms with Gasteiger partial charge in [-0.3, -0.25) is 19.6 Å². The summed E-state index contributed by atoms with van der Waals surface area (Å²) in [7, 11) is 0. The van der Waals surface area contributed by atoms with Crippen LogP contribution in [0.4, 0.5) is 0 Å². The molecular weight excluding hydrogens is 381 g/mol. The molecule has 2 heterocycles. The van der Waals surface area contributed by atoms with E-state index in [1.54, 1.807) is 0 Å². The number of para-hydroxylation sites is 1. The largest absolute Gasteiger partial charge is 0.296 e. The van der Waals surface area contributed by atoms with E-state index in [2.05, 4.69) is 46.9 Å². The van der Waals surface area contributed by atoms with Gasteiger partial charge in [-0.05, 0) is 48.9 Å². The molecule has 3 rings (SSSR count). The molecule has 1 atom stereocenters. The van der Waals surface area contributed by atoms with Crippen LogP contribution in [0.1, 0.15) is 44.3 Å². The Morgan fingerprint density at radius 3 is 2.81 bits per heavy atom. The maximum atomic E-state index is 12.1. The predicted octanol–water partition coefficient (Wildman–Crippen LogP) is 2.74. The third-order valence-electron chi connectivity index (χ3n) is 3.77. The molecule has 1 aromatic carbocycles.